The van der Waals surface area contributed by atoms with Gasteiger partial charge in [0, 0.05) is 11.5 Å². The van der Waals surface area contributed by atoms with Crippen LogP contribution < -0.4 is 0 Å². The van der Waals surface area contributed by atoms with Crippen LogP contribution >= 0.6 is 0 Å². The minimum Gasteiger partial charge on any atom is -0.300 e. The maximum absolute atomic E-state index is 13.0. The number of hydrogen-bond donors (Lipinski definition) is 0. The molecule has 1 aromatic rings. The van der Waals surface area contributed by atoms with Gasteiger partial charge in [0.2, 0.25) is 0 Å². The summed E-state index contributed by atoms with van der Waals surface area (Å²) >= 11 is 0. The maximum Gasteiger partial charge on any atom is 0.163 e. The second kappa shape index (κ2) is 7.39. The summed E-state index contributed by atoms with van der Waals surface area (Å²) in [5.41, 5.74) is 6.13. The van der Waals surface area contributed by atoms with Crippen LogP contribution in [0.2, 0.25) is 0 Å². The van der Waals surface area contributed by atoms with Crippen molar-refractivity contribution in [3.8, 4) is 0 Å². The smallest absolute Gasteiger partial charge is 0.163 e. The zero-order valence-electron chi connectivity index (χ0n) is 18.9. The Labute approximate surface area is 185 Å². The molecule has 5 rings (SSSR count). The zero-order chi connectivity index (χ0) is 21.9. The van der Waals surface area contributed by atoms with E-state index in [-0.39, 0.29) is 28.8 Å². The van der Waals surface area contributed by atoms with Crippen molar-refractivity contribution in [1.29, 1.82) is 0 Å². The highest BCUT2D eigenvalue weighted by molar-refractivity contribution is 5.99. The van der Waals surface area contributed by atoms with E-state index in [1.54, 1.807) is 19.4 Å². The summed E-state index contributed by atoms with van der Waals surface area (Å²) < 4.78 is 0. The highest BCUT2D eigenvalue weighted by Gasteiger charge is 2.54. The third kappa shape index (κ3) is 3.20. The van der Waals surface area contributed by atoms with Crippen molar-refractivity contribution >= 4 is 17.3 Å². The lowest BCUT2D eigenvalue weighted by molar-refractivity contribution is -0.125. The number of carbonyl (C=O) groups excluding carboxylic acids is 3. The predicted molar refractivity (Wildman–Crippen MR) is 121 cm³/mol. The Hall–Kier alpha value is -2.29. The lowest BCUT2D eigenvalue weighted by atomic mass is 9.55. The predicted octanol–water partition coefficient (Wildman–Crippen LogP) is 5.99. The van der Waals surface area contributed by atoms with Crippen molar-refractivity contribution in [2.75, 3.05) is 0 Å². The van der Waals surface area contributed by atoms with Crippen LogP contribution in [0.1, 0.15) is 87.6 Å². The van der Waals surface area contributed by atoms with E-state index in [9.17, 15) is 14.4 Å². The number of ketones is 3. The quantitative estimate of drug-likeness (QED) is 0.568. The first-order chi connectivity index (χ1) is 14.8. The second-order valence-corrected chi connectivity index (χ2v) is 10.5. The molecule has 1 unspecified atom stereocenters. The van der Waals surface area contributed by atoms with Crippen LogP contribution in [0.4, 0.5) is 0 Å². The Morgan fingerprint density at radius 1 is 1.00 bits per heavy atom. The van der Waals surface area contributed by atoms with Crippen LogP contribution in [0.3, 0.4) is 0 Å². The van der Waals surface area contributed by atoms with Crippen LogP contribution in [-0.4, -0.2) is 17.3 Å². The summed E-state index contributed by atoms with van der Waals surface area (Å²) in [4.78, 5) is 36.9. The Bertz CT molecular complexity index is 1020. The van der Waals surface area contributed by atoms with E-state index in [0.29, 0.717) is 23.2 Å². The Kier molecular flexibility index (Phi) is 4.91. The van der Waals surface area contributed by atoms with Gasteiger partial charge in [-0.05, 0) is 98.8 Å². The number of allylic oxidation sites excluding steroid dienone is 4. The van der Waals surface area contributed by atoms with E-state index < -0.39 is 0 Å². The molecule has 1 aromatic carbocycles. The van der Waals surface area contributed by atoms with Gasteiger partial charge in [0.1, 0.15) is 5.78 Å². The van der Waals surface area contributed by atoms with Gasteiger partial charge < -0.3 is 0 Å². The standard InChI is InChI=1S/C28H32O3/c1-16(29)18-4-6-19(7-5-18)24-15-23-20(14-27(24)31)8-9-22-21(23)12-13-28(3)25(17(2)30)10-11-26(22)28/h4-7,14,22,24-26H,8-13,15H2,1-3H3/t22-,24?,25-,26+,28-/m1/s1. The van der Waals surface area contributed by atoms with E-state index in [4.69, 9.17) is 0 Å². The van der Waals surface area contributed by atoms with E-state index in [1.807, 2.05) is 30.3 Å². The largest absolute Gasteiger partial charge is 0.300 e. The van der Waals surface area contributed by atoms with Gasteiger partial charge in [0.25, 0.3) is 0 Å². The Morgan fingerprint density at radius 2 is 1.74 bits per heavy atom. The molecule has 0 spiro atoms. The summed E-state index contributed by atoms with van der Waals surface area (Å²) in [6.45, 7) is 5.72. The van der Waals surface area contributed by atoms with E-state index in [0.717, 1.165) is 50.5 Å². The molecule has 31 heavy (non-hydrogen) atoms. The summed E-state index contributed by atoms with van der Waals surface area (Å²) in [5, 5.41) is 0. The summed E-state index contributed by atoms with van der Waals surface area (Å²) in [7, 11) is 0. The first-order valence-electron chi connectivity index (χ1n) is 11.9. The van der Waals surface area contributed by atoms with E-state index >= 15 is 0 Å². The molecule has 3 heteroatoms. The first kappa shape index (κ1) is 20.6. The molecule has 0 saturated heterocycles. The number of fused-ring (bicyclic) bond motifs is 4. The summed E-state index contributed by atoms with van der Waals surface area (Å²) in [6.07, 6.45) is 9.18. The molecule has 2 fully saturated rings. The fourth-order valence-electron chi connectivity index (χ4n) is 7.43. The van der Waals surface area contributed by atoms with Crippen molar-refractivity contribution < 1.29 is 14.4 Å². The molecule has 0 heterocycles. The average molecular weight is 417 g/mol. The first-order valence-corrected chi connectivity index (χ1v) is 11.9. The van der Waals surface area contributed by atoms with Gasteiger partial charge in [-0.15, -0.1) is 0 Å². The van der Waals surface area contributed by atoms with E-state index in [2.05, 4.69) is 6.92 Å². The number of rotatable bonds is 3. The van der Waals surface area contributed by atoms with Crippen LogP contribution in [0, 0.1) is 23.2 Å². The number of Topliss-reactive ketones (excluding diaryl/α,β-unsaturated/α-hetero) is 2. The molecule has 3 nitrogen and oxygen atoms in total. The Morgan fingerprint density at radius 3 is 2.42 bits per heavy atom. The van der Waals surface area contributed by atoms with Gasteiger partial charge in [-0.2, -0.15) is 0 Å². The lowest BCUT2D eigenvalue weighted by Crippen LogP contribution is -2.42. The minimum atomic E-state index is -0.145. The molecular weight excluding hydrogens is 384 g/mol. The van der Waals surface area contributed by atoms with Crippen molar-refractivity contribution in [3.63, 3.8) is 0 Å². The Balaban J connectivity index is 1.48. The summed E-state index contributed by atoms with van der Waals surface area (Å²) in [6, 6.07) is 7.60. The molecule has 0 bridgehead atoms. The molecule has 0 aliphatic heterocycles. The normalized spacial score (nSPS) is 34.5. The van der Waals surface area contributed by atoms with Gasteiger partial charge in [-0.3, -0.25) is 14.4 Å². The molecule has 0 amide bonds. The molecule has 0 aromatic heterocycles. The summed E-state index contributed by atoms with van der Waals surface area (Å²) in [5.74, 6) is 1.87. The fraction of sp³-hybridized carbons (Fsp3) is 0.536. The SMILES string of the molecule is CC(=O)c1ccc(C2CC3=C4CC[C@]5(C)[C@@H](C(C)=O)CC[C@H]5[C@@H]4CCC3=CC2=O)cc1. The lowest BCUT2D eigenvalue weighted by Gasteiger charge is -2.49. The van der Waals surface area contributed by atoms with Crippen LogP contribution in [0.25, 0.3) is 0 Å². The minimum absolute atomic E-state index is 0.0504. The van der Waals surface area contributed by atoms with E-state index in [1.165, 1.54) is 11.1 Å². The topological polar surface area (TPSA) is 51.2 Å². The number of benzene rings is 1. The highest BCUT2D eigenvalue weighted by atomic mass is 16.1. The van der Waals surface area contributed by atoms with Gasteiger partial charge >= 0.3 is 0 Å². The van der Waals surface area contributed by atoms with Crippen LogP contribution in [0.15, 0.2) is 47.1 Å². The molecular formula is C28H32O3. The fourth-order valence-corrected chi connectivity index (χ4v) is 7.43. The maximum atomic E-state index is 13.0. The molecule has 162 valence electrons. The third-order valence-electron chi connectivity index (χ3n) is 9.05. The number of hydrogen-bond acceptors (Lipinski definition) is 3. The van der Waals surface area contributed by atoms with Crippen molar-refractivity contribution in [1.82, 2.24) is 0 Å². The van der Waals surface area contributed by atoms with Gasteiger partial charge in [0.05, 0.1) is 5.92 Å². The molecule has 2 saturated carbocycles. The van der Waals surface area contributed by atoms with Gasteiger partial charge in [-0.25, -0.2) is 0 Å². The van der Waals surface area contributed by atoms with Crippen molar-refractivity contribution in [3.05, 3.63) is 58.2 Å². The molecule has 5 atom stereocenters. The highest BCUT2D eigenvalue weighted by Crippen LogP contribution is 2.62. The van der Waals surface area contributed by atoms with Crippen LogP contribution in [0.5, 0.6) is 0 Å². The van der Waals surface area contributed by atoms with Gasteiger partial charge in [-0.1, -0.05) is 36.8 Å². The van der Waals surface area contributed by atoms with Crippen molar-refractivity contribution in [2.45, 2.75) is 71.6 Å². The van der Waals surface area contributed by atoms with Gasteiger partial charge in [0.15, 0.2) is 11.6 Å². The third-order valence-corrected chi connectivity index (χ3v) is 9.05. The zero-order valence-corrected chi connectivity index (χ0v) is 18.9. The molecule has 0 N–H and O–H groups in total. The second-order valence-electron chi connectivity index (χ2n) is 10.5. The van der Waals surface area contributed by atoms with Crippen LogP contribution in [-0.2, 0) is 9.59 Å². The average Bonchev–Trinajstić information content (AvgIpc) is 3.10. The monoisotopic (exact) mass is 416 g/mol. The molecule has 4 aliphatic rings. The molecule has 4 aliphatic carbocycles. The van der Waals surface area contributed by atoms with Crippen molar-refractivity contribution in [2.24, 2.45) is 23.2 Å². The molecule has 0 radical (unpaired) electrons. The number of carbonyl (C=O) groups is 3.